The number of nitrogens with one attached hydrogen (secondary N) is 2. The number of ether oxygens (including phenoxy) is 1. The van der Waals surface area contributed by atoms with E-state index in [1.54, 1.807) is 31.2 Å². The molecular weight excluding hydrogens is 474 g/mol. The Morgan fingerprint density at radius 2 is 1.78 bits per heavy atom. The lowest BCUT2D eigenvalue weighted by molar-refractivity contribution is -0.137. The minimum atomic E-state index is -0.881. The fourth-order valence-electron chi connectivity index (χ4n) is 3.40. The second kappa shape index (κ2) is 18.4. The second-order valence-electron chi connectivity index (χ2n) is 8.50. The largest absolute Gasteiger partial charge is 0.508 e. The summed E-state index contributed by atoms with van der Waals surface area (Å²) in [5.74, 6) is -1.23. The van der Waals surface area contributed by atoms with E-state index in [2.05, 4.69) is 22.5 Å². The number of aromatic hydroxyl groups is 1. The highest BCUT2D eigenvalue weighted by Gasteiger charge is 2.22. The number of guanidine groups is 1. The predicted octanol–water partition coefficient (Wildman–Crippen LogP) is 2.21. The van der Waals surface area contributed by atoms with E-state index in [1.807, 2.05) is 0 Å². The van der Waals surface area contributed by atoms with Crippen LogP contribution in [0.2, 0.25) is 0 Å². The first-order chi connectivity index (χ1) is 17.7. The molecule has 0 spiro atoms. The van der Waals surface area contributed by atoms with Gasteiger partial charge >= 0.3 is 5.97 Å². The highest BCUT2D eigenvalue weighted by atomic mass is 16.5. The van der Waals surface area contributed by atoms with Gasteiger partial charge < -0.3 is 31.9 Å². The van der Waals surface area contributed by atoms with Crippen molar-refractivity contribution in [3.63, 3.8) is 0 Å². The molecule has 0 aromatic heterocycles. The van der Waals surface area contributed by atoms with Crippen LogP contribution >= 0.6 is 0 Å². The van der Waals surface area contributed by atoms with Crippen LogP contribution in [0.5, 0.6) is 5.75 Å². The Labute approximate surface area is 219 Å². The van der Waals surface area contributed by atoms with E-state index >= 15 is 0 Å². The van der Waals surface area contributed by atoms with Crippen LogP contribution in [0, 0.1) is 0 Å². The van der Waals surface area contributed by atoms with Gasteiger partial charge in [0, 0.05) is 25.1 Å². The maximum Gasteiger partial charge on any atom is 0.330 e. The molecule has 0 aliphatic heterocycles. The molecule has 204 valence electrons. The van der Waals surface area contributed by atoms with Gasteiger partial charge in [-0.15, -0.1) is 0 Å². The molecule has 0 aliphatic rings. The molecular formula is C27H41N5O5. The number of phenolic OH excluding ortho intramolecular Hbond substituents is 1. The number of hydrogen-bond donors (Lipinski definition) is 5. The smallest absolute Gasteiger partial charge is 0.330 e. The van der Waals surface area contributed by atoms with Gasteiger partial charge in [-0.25, -0.2) is 4.79 Å². The monoisotopic (exact) mass is 515 g/mol. The number of carbonyl (C=O) groups excluding carboxylic acids is 3. The summed E-state index contributed by atoms with van der Waals surface area (Å²) in [6.07, 6.45) is 11.2. The minimum absolute atomic E-state index is 0.0259. The van der Waals surface area contributed by atoms with Gasteiger partial charge in [-0.2, -0.15) is 0 Å². The summed E-state index contributed by atoms with van der Waals surface area (Å²) in [4.78, 5) is 41.6. The number of aliphatic imine (C=N–C) groups is 1. The summed E-state index contributed by atoms with van der Waals surface area (Å²) in [6, 6.07) is 5.03. The van der Waals surface area contributed by atoms with E-state index in [-0.39, 0.29) is 30.6 Å². The lowest BCUT2D eigenvalue weighted by Gasteiger charge is -2.22. The molecule has 1 rings (SSSR count). The highest BCUT2D eigenvalue weighted by Crippen LogP contribution is 2.12. The van der Waals surface area contributed by atoms with Crippen LogP contribution in [-0.2, 0) is 25.5 Å². The van der Waals surface area contributed by atoms with Crippen LogP contribution < -0.4 is 22.1 Å². The highest BCUT2D eigenvalue weighted by molar-refractivity contribution is 5.93. The van der Waals surface area contributed by atoms with Crippen LogP contribution in [0.1, 0.15) is 57.9 Å². The molecule has 2 amide bonds. The maximum absolute atomic E-state index is 13.3. The number of benzene rings is 1. The fourth-order valence-corrected chi connectivity index (χ4v) is 3.40. The van der Waals surface area contributed by atoms with Crippen LogP contribution in [0.15, 0.2) is 53.6 Å². The number of carbonyl (C=O) groups is 3. The average molecular weight is 516 g/mol. The molecule has 2 atom stereocenters. The Morgan fingerprint density at radius 3 is 2.43 bits per heavy atom. The molecule has 10 heteroatoms. The maximum atomic E-state index is 13.3. The molecule has 1 aromatic rings. The quantitative estimate of drug-likeness (QED) is 0.0696. The van der Waals surface area contributed by atoms with Crippen molar-refractivity contribution in [3.05, 3.63) is 54.1 Å². The van der Waals surface area contributed by atoms with Crippen LogP contribution in [0.25, 0.3) is 0 Å². The third-order valence-electron chi connectivity index (χ3n) is 5.30. The lowest BCUT2D eigenvalue weighted by atomic mass is 10.0. The molecule has 0 saturated heterocycles. The summed E-state index contributed by atoms with van der Waals surface area (Å²) in [5, 5.41) is 15.2. The van der Waals surface area contributed by atoms with Gasteiger partial charge in [-0.05, 0) is 56.4 Å². The van der Waals surface area contributed by atoms with E-state index in [1.165, 1.54) is 24.3 Å². The van der Waals surface area contributed by atoms with Crippen molar-refractivity contribution in [1.82, 2.24) is 10.6 Å². The van der Waals surface area contributed by atoms with Crippen LogP contribution in [0.4, 0.5) is 0 Å². The van der Waals surface area contributed by atoms with Crippen molar-refractivity contribution in [1.29, 1.82) is 0 Å². The zero-order valence-electron chi connectivity index (χ0n) is 21.8. The number of esters is 1. The van der Waals surface area contributed by atoms with Crippen LogP contribution in [-0.4, -0.2) is 54.1 Å². The Balaban J connectivity index is 2.98. The van der Waals surface area contributed by atoms with Crippen molar-refractivity contribution in [2.75, 3.05) is 13.2 Å². The first kappa shape index (κ1) is 31.2. The average Bonchev–Trinajstić information content (AvgIpc) is 2.85. The molecule has 37 heavy (non-hydrogen) atoms. The Hall–Kier alpha value is -3.82. The zero-order chi connectivity index (χ0) is 27.5. The van der Waals surface area contributed by atoms with Gasteiger partial charge in [-0.3, -0.25) is 14.6 Å². The number of rotatable bonds is 17. The van der Waals surface area contributed by atoms with E-state index in [0.29, 0.717) is 19.4 Å². The fraction of sp³-hybridized carbons (Fsp3) is 0.481. The van der Waals surface area contributed by atoms with E-state index in [0.717, 1.165) is 31.2 Å². The molecule has 10 nitrogen and oxygen atoms in total. The lowest BCUT2D eigenvalue weighted by Crippen LogP contribution is -2.50. The minimum Gasteiger partial charge on any atom is -0.508 e. The molecule has 0 heterocycles. The normalized spacial score (nSPS) is 12.7. The SMILES string of the molecule is CCCCC/C=C/C(=O)N[C@@H](Cc1ccc(O)cc1)C(=O)N[C@H](/C=C/C(=O)OCC)CCCN=C(N)N. The summed E-state index contributed by atoms with van der Waals surface area (Å²) in [7, 11) is 0. The van der Waals surface area contributed by atoms with Crippen molar-refractivity contribution < 1.29 is 24.2 Å². The Morgan fingerprint density at radius 1 is 1.05 bits per heavy atom. The second-order valence-corrected chi connectivity index (χ2v) is 8.50. The van der Waals surface area contributed by atoms with Gasteiger partial charge in [0.1, 0.15) is 11.8 Å². The molecule has 0 fully saturated rings. The first-order valence-corrected chi connectivity index (χ1v) is 12.7. The Bertz CT molecular complexity index is 924. The number of amides is 2. The van der Waals surface area contributed by atoms with E-state index in [9.17, 15) is 19.5 Å². The van der Waals surface area contributed by atoms with Gasteiger partial charge in [0.25, 0.3) is 0 Å². The molecule has 7 N–H and O–H groups in total. The van der Waals surface area contributed by atoms with Crippen molar-refractivity contribution in [2.45, 2.75) is 70.9 Å². The van der Waals surface area contributed by atoms with E-state index in [4.69, 9.17) is 16.2 Å². The molecule has 0 bridgehead atoms. The van der Waals surface area contributed by atoms with Gasteiger partial charge in [-0.1, -0.05) is 44.1 Å². The molecule has 0 aliphatic carbocycles. The molecule has 0 radical (unpaired) electrons. The van der Waals surface area contributed by atoms with Crippen LogP contribution in [0.3, 0.4) is 0 Å². The van der Waals surface area contributed by atoms with Crippen molar-refractivity contribution >= 4 is 23.7 Å². The molecule has 0 unspecified atom stereocenters. The number of phenols is 1. The van der Waals surface area contributed by atoms with E-state index < -0.39 is 24.0 Å². The molecule has 0 saturated carbocycles. The number of nitrogens with zero attached hydrogens (tertiary/aromatic N) is 1. The topological polar surface area (TPSA) is 169 Å². The molecule has 1 aromatic carbocycles. The summed E-state index contributed by atoms with van der Waals surface area (Å²) in [5.41, 5.74) is 11.5. The first-order valence-electron chi connectivity index (χ1n) is 12.7. The van der Waals surface area contributed by atoms with Gasteiger partial charge in [0.05, 0.1) is 6.61 Å². The van der Waals surface area contributed by atoms with Gasteiger partial charge in [0.2, 0.25) is 11.8 Å². The van der Waals surface area contributed by atoms with Crippen molar-refractivity contribution in [2.24, 2.45) is 16.5 Å². The third-order valence-corrected chi connectivity index (χ3v) is 5.30. The van der Waals surface area contributed by atoms with Crippen molar-refractivity contribution in [3.8, 4) is 5.75 Å². The number of nitrogens with two attached hydrogens (primary N) is 2. The Kier molecular flexibility index (Phi) is 15.6. The number of unbranched alkanes of at least 4 members (excludes halogenated alkanes) is 3. The predicted molar refractivity (Wildman–Crippen MR) is 145 cm³/mol. The summed E-state index contributed by atoms with van der Waals surface area (Å²) in [6.45, 7) is 4.41. The number of hydrogen-bond acceptors (Lipinski definition) is 6. The third kappa shape index (κ3) is 15.0. The number of allylic oxidation sites excluding steroid dienone is 1. The zero-order valence-corrected chi connectivity index (χ0v) is 21.8. The summed E-state index contributed by atoms with van der Waals surface area (Å²) < 4.78 is 4.93. The summed E-state index contributed by atoms with van der Waals surface area (Å²) >= 11 is 0. The standard InChI is InChI=1S/C27H41N5O5/c1-3-5-6-7-8-11-24(34)32-23(19-20-12-15-22(33)16-13-20)26(36)31-21(10-9-18-30-27(28)29)14-17-25(35)37-4-2/h8,11-17,21,23,33H,3-7,9-10,18-19H2,1-2H3,(H,31,36)(H,32,34)(H4,28,29,30)/b11-8+,17-14+/t21-,23-/m0/s1. The van der Waals surface area contributed by atoms with Gasteiger partial charge in [0.15, 0.2) is 5.96 Å².